The number of benzene rings is 2. The lowest BCUT2D eigenvalue weighted by atomic mass is 9.82. The standard InChI is InChI=1S/C30H26Cl2FN3O3/c31-18-4-10-25-17(12-18)3-9-26(35-25)28(37)11-16-1-5-19(6-2-16)34-30(39)22-15-36(20-7-8-20)27-14-23(32)24(33)13-21(27)29(22)38/h3-4,9-10,12-16,19-20H,1-2,5-8,11H2,(H,34,39). The number of ketones is 1. The van der Waals surface area contributed by atoms with Crippen molar-refractivity contribution < 1.29 is 14.0 Å². The second kappa shape index (κ2) is 10.4. The maximum atomic E-state index is 14.2. The Kier molecular flexibility index (Phi) is 6.89. The van der Waals surface area contributed by atoms with Crippen molar-refractivity contribution in [2.45, 2.75) is 57.0 Å². The van der Waals surface area contributed by atoms with Crippen LogP contribution in [0, 0.1) is 11.7 Å². The van der Waals surface area contributed by atoms with Crippen LogP contribution in [0.25, 0.3) is 21.8 Å². The molecule has 6 rings (SSSR count). The lowest BCUT2D eigenvalue weighted by molar-refractivity contribution is 0.0894. The Morgan fingerprint density at radius 3 is 2.51 bits per heavy atom. The molecule has 0 bridgehead atoms. The number of fused-ring (bicyclic) bond motifs is 2. The fourth-order valence-electron chi connectivity index (χ4n) is 5.55. The number of amides is 1. The summed E-state index contributed by atoms with van der Waals surface area (Å²) < 4.78 is 16.1. The van der Waals surface area contributed by atoms with Gasteiger partial charge in [-0.1, -0.05) is 29.3 Å². The fourth-order valence-corrected chi connectivity index (χ4v) is 5.89. The SMILES string of the molecule is O=C(CC1CCC(NC(=O)c2cn(C3CC3)c3cc(Cl)c(F)cc3c2=O)CC1)c1ccc2cc(Cl)ccc2n1. The van der Waals surface area contributed by atoms with Gasteiger partial charge in [0.05, 0.1) is 16.1 Å². The molecule has 0 atom stereocenters. The molecule has 2 aliphatic rings. The topological polar surface area (TPSA) is 81.1 Å². The molecule has 0 spiro atoms. The van der Waals surface area contributed by atoms with Crippen LogP contribution < -0.4 is 10.7 Å². The summed E-state index contributed by atoms with van der Waals surface area (Å²) in [5.74, 6) is -0.929. The van der Waals surface area contributed by atoms with E-state index in [0.717, 1.165) is 42.7 Å². The van der Waals surface area contributed by atoms with Crippen LogP contribution in [0.5, 0.6) is 0 Å². The van der Waals surface area contributed by atoms with Gasteiger partial charge >= 0.3 is 0 Å². The molecule has 200 valence electrons. The molecule has 0 saturated heterocycles. The van der Waals surface area contributed by atoms with E-state index >= 15 is 0 Å². The Bertz CT molecular complexity index is 1690. The van der Waals surface area contributed by atoms with E-state index in [1.165, 1.54) is 6.07 Å². The van der Waals surface area contributed by atoms with Crippen molar-refractivity contribution in [2.24, 2.45) is 5.92 Å². The molecule has 0 aliphatic heterocycles. The molecule has 2 fully saturated rings. The quantitative estimate of drug-likeness (QED) is 0.258. The van der Waals surface area contributed by atoms with E-state index in [-0.39, 0.29) is 39.8 Å². The van der Waals surface area contributed by atoms with Crippen LogP contribution in [0.1, 0.15) is 71.8 Å². The zero-order valence-corrected chi connectivity index (χ0v) is 22.6. The number of carbonyl (C=O) groups excluding carboxylic acids is 2. The van der Waals surface area contributed by atoms with Gasteiger partial charge in [-0.05, 0) is 80.8 Å². The first-order chi connectivity index (χ1) is 18.8. The van der Waals surface area contributed by atoms with Crippen LogP contribution in [0.4, 0.5) is 4.39 Å². The number of hydrogen-bond donors (Lipinski definition) is 1. The second-order valence-corrected chi connectivity index (χ2v) is 11.5. The highest BCUT2D eigenvalue weighted by atomic mass is 35.5. The molecule has 2 aliphatic carbocycles. The second-order valence-electron chi connectivity index (χ2n) is 10.6. The summed E-state index contributed by atoms with van der Waals surface area (Å²) in [7, 11) is 0. The van der Waals surface area contributed by atoms with Crippen LogP contribution in [0.2, 0.25) is 10.0 Å². The summed E-state index contributed by atoms with van der Waals surface area (Å²) >= 11 is 12.0. The van der Waals surface area contributed by atoms with Gasteiger partial charge in [0.25, 0.3) is 5.91 Å². The lowest BCUT2D eigenvalue weighted by Crippen LogP contribution is -2.40. The Morgan fingerprint density at radius 2 is 1.77 bits per heavy atom. The molecule has 2 aromatic carbocycles. The molecule has 2 aromatic heterocycles. The van der Waals surface area contributed by atoms with Gasteiger partial charge in [0.2, 0.25) is 5.43 Å². The van der Waals surface area contributed by atoms with Crippen molar-refractivity contribution in [1.82, 2.24) is 14.9 Å². The third kappa shape index (κ3) is 5.30. The zero-order chi connectivity index (χ0) is 27.3. The number of hydrogen-bond acceptors (Lipinski definition) is 4. The minimum Gasteiger partial charge on any atom is -0.349 e. The average Bonchev–Trinajstić information content (AvgIpc) is 3.76. The molecule has 2 heterocycles. The molecular weight excluding hydrogens is 540 g/mol. The molecule has 9 heteroatoms. The molecule has 0 radical (unpaired) electrons. The minimum absolute atomic E-state index is 0.00321. The number of nitrogens with zero attached hydrogens (tertiary/aromatic N) is 2. The van der Waals surface area contributed by atoms with Crippen LogP contribution in [-0.2, 0) is 0 Å². The van der Waals surface area contributed by atoms with Crippen molar-refractivity contribution in [3.8, 4) is 0 Å². The van der Waals surface area contributed by atoms with Crippen molar-refractivity contribution in [3.63, 3.8) is 0 Å². The number of pyridine rings is 2. The van der Waals surface area contributed by atoms with E-state index in [4.69, 9.17) is 23.2 Å². The molecule has 6 nitrogen and oxygen atoms in total. The average molecular weight is 566 g/mol. The van der Waals surface area contributed by atoms with Gasteiger partial charge in [-0.2, -0.15) is 0 Å². The fraction of sp³-hybridized carbons (Fsp3) is 0.333. The van der Waals surface area contributed by atoms with Crippen LogP contribution in [0.3, 0.4) is 0 Å². The Labute approximate surface area is 234 Å². The summed E-state index contributed by atoms with van der Waals surface area (Å²) in [5.41, 5.74) is 1.23. The van der Waals surface area contributed by atoms with Gasteiger partial charge in [0.1, 0.15) is 17.1 Å². The number of rotatable bonds is 6. The van der Waals surface area contributed by atoms with Crippen molar-refractivity contribution in [2.75, 3.05) is 0 Å². The van der Waals surface area contributed by atoms with Gasteiger partial charge < -0.3 is 9.88 Å². The highest BCUT2D eigenvalue weighted by Gasteiger charge is 2.29. The van der Waals surface area contributed by atoms with Crippen molar-refractivity contribution >= 4 is 56.7 Å². The van der Waals surface area contributed by atoms with E-state index in [2.05, 4.69) is 10.3 Å². The number of Topliss-reactive ketones (excluding diaryl/α,β-unsaturated/α-hetero) is 1. The third-order valence-electron chi connectivity index (χ3n) is 7.85. The summed E-state index contributed by atoms with van der Waals surface area (Å²) in [6, 6.07) is 11.6. The van der Waals surface area contributed by atoms with E-state index in [1.807, 2.05) is 22.8 Å². The number of halogens is 3. The first kappa shape index (κ1) is 26.0. The predicted molar refractivity (Wildman–Crippen MR) is 150 cm³/mol. The highest BCUT2D eigenvalue weighted by molar-refractivity contribution is 6.31. The van der Waals surface area contributed by atoms with E-state index in [1.54, 1.807) is 18.3 Å². The molecule has 2 saturated carbocycles. The first-order valence-electron chi connectivity index (χ1n) is 13.2. The van der Waals surface area contributed by atoms with E-state index in [9.17, 15) is 18.8 Å². The van der Waals surface area contributed by atoms with Gasteiger partial charge in [-0.15, -0.1) is 0 Å². The van der Waals surface area contributed by atoms with Gasteiger partial charge in [0.15, 0.2) is 5.78 Å². The third-order valence-corrected chi connectivity index (χ3v) is 8.38. The Hall–Kier alpha value is -3.29. The van der Waals surface area contributed by atoms with E-state index < -0.39 is 17.2 Å². The van der Waals surface area contributed by atoms with E-state index in [0.29, 0.717) is 35.5 Å². The van der Waals surface area contributed by atoms with Crippen molar-refractivity contribution in [3.05, 3.63) is 86.0 Å². The van der Waals surface area contributed by atoms with Crippen LogP contribution >= 0.6 is 23.2 Å². The van der Waals surface area contributed by atoms with Crippen LogP contribution in [0.15, 0.2) is 53.5 Å². The summed E-state index contributed by atoms with van der Waals surface area (Å²) in [6.45, 7) is 0. The maximum absolute atomic E-state index is 14.2. The monoisotopic (exact) mass is 565 g/mol. The summed E-state index contributed by atoms with van der Waals surface area (Å²) in [6.07, 6.45) is 6.84. The Balaban J connectivity index is 1.11. The molecule has 1 amide bonds. The number of aromatic nitrogens is 2. The zero-order valence-electron chi connectivity index (χ0n) is 21.1. The smallest absolute Gasteiger partial charge is 0.256 e. The predicted octanol–water partition coefficient (Wildman–Crippen LogP) is 6.89. The summed E-state index contributed by atoms with van der Waals surface area (Å²) in [4.78, 5) is 43.7. The van der Waals surface area contributed by atoms with Crippen molar-refractivity contribution in [1.29, 1.82) is 0 Å². The first-order valence-corrected chi connectivity index (χ1v) is 14.0. The maximum Gasteiger partial charge on any atom is 0.256 e. The largest absolute Gasteiger partial charge is 0.349 e. The normalized spacial score (nSPS) is 19.4. The molecule has 4 aromatic rings. The molecule has 0 unspecified atom stereocenters. The number of carbonyl (C=O) groups is 2. The van der Waals surface area contributed by atoms with Crippen LogP contribution in [-0.4, -0.2) is 27.3 Å². The lowest BCUT2D eigenvalue weighted by Gasteiger charge is -2.28. The summed E-state index contributed by atoms with van der Waals surface area (Å²) in [5, 5.41) is 4.62. The number of nitrogens with one attached hydrogen (secondary N) is 1. The van der Waals surface area contributed by atoms with Gasteiger partial charge in [-0.25, -0.2) is 9.37 Å². The van der Waals surface area contributed by atoms with Gasteiger partial charge in [0, 0.05) is 40.5 Å². The molecule has 1 N–H and O–H groups in total. The van der Waals surface area contributed by atoms with Gasteiger partial charge in [-0.3, -0.25) is 14.4 Å². The Morgan fingerprint density at radius 1 is 1.00 bits per heavy atom. The minimum atomic E-state index is -0.683. The molecular formula is C30H26Cl2FN3O3. The highest BCUT2D eigenvalue weighted by Crippen LogP contribution is 2.38. The molecule has 39 heavy (non-hydrogen) atoms.